The molecule has 0 aromatic heterocycles. The number of carbonyl (C=O) groups is 6. The van der Waals surface area contributed by atoms with Crippen molar-refractivity contribution in [3.63, 3.8) is 0 Å². The number of hydrogen-bond acceptors (Lipinski definition) is 7. The molecule has 204 valence electrons. The number of benzene rings is 1. The Morgan fingerprint density at radius 3 is 2.11 bits per heavy atom. The largest absolute Gasteiger partial charge is 0.461 e. The summed E-state index contributed by atoms with van der Waals surface area (Å²) >= 11 is 0. The van der Waals surface area contributed by atoms with Crippen molar-refractivity contribution in [2.45, 2.75) is 72.1 Å². The molecule has 0 radical (unpaired) electrons. The third-order valence-electron chi connectivity index (χ3n) is 5.24. The van der Waals surface area contributed by atoms with Crippen molar-refractivity contribution < 1.29 is 33.5 Å². The van der Waals surface area contributed by atoms with Crippen LogP contribution in [0.2, 0.25) is 0 Å². The Hall–Kier alpha value is -3.96. The number of hydrogen-bond donors (Lipinski definition) is 5. The van der Waals surface area contributed by atoms with Crippen LogP contribution in [-0.4, -0.2) is 54.1 Å². The summed E-state index contributed by atoms with van der Waals surface area (Å²) in [6.45, 7) is 6.49. The minimum atomic E-state index is -0.974. The van der Waals surface area contributed by atoms with Gasteiger partial charge in [-0.15, -0.1) is 0 Å². The van der Waals surface area contributed by atoms with Gasteiger partial charge in [0.05, 0.1) is 0 Å². The summed E-state index contributed by atoms with van der Waals surface area (Å²) in [5, 5.41) is 10.5. The zero-order valence-corrected chi connectivity index (χ0v) is 21.7. The number of carbonyl (C=O) groups excluding carboxylic acids is 6. The highest BCUT2D eigenvalue weighted by Crippen LogP contribution is 2.13. The molecule has 1 rings (SSSR count). The van der Waals surface area contributed by atoms with E-state index in [-0.39, 0.29) is 44.1 Å². The molecule has 0 aliphatic rings. The molecule has 0 heterocycles. The van der Waals surface area contributed by atoms with Crippen LogP contribution in [0.1, 0.15) is 58.9 Å². The summed E-state index contributed by atoms with van der Waals surface area (Å²) in [5.74, 6) is -2.31. The number of anilines is 1. The molecule has 1 aromatic rings. The van der Waals surface area contributed by atoms with E-state index >= 15 is 0 Å². The molecule has 0 saturated heterocycles. The maximum Gasteiger partial charge on any atom is 0.312 e. The smallest absolute Gasteiger partial charge is 0.312 e. The van der Waals surface area contributed by atoms with Crippen LogP contribution in [0.4, 0.5) is 10.5 Å². The maximum absolute atomic E-state index is 13.0. The Morgan fingerprint density at radius 2 is 1.57 bits per heavy atom. The molecular formula is C25H37N5O7. The average molecular weight is 520 g/mol. The number of amides is 5. The first kappa shape index (κ1) is 31.1. The maximum atomic E-state index is 13.0. The zero-order valence-electron chi connectivity index (χ0n) is 21.7. The predicted octanol–water partition coefficient (Wildman–Crippen LogP) is 1.13. The molecule has 0 saturated carbocycles. The molecule has 1 aromatic carbocycles. The second-order valence-electron chi connectivity index (χ2n) is 8.95. The van der Waals surface area contributed by atoms with Gasteiger partial charge in [0.25, 0.3) is 0 Å². The Bertz CT molecular complexity index is 963. The highest BCUT2D eigenvalue weighted by atomic mass is 16.5. The molecule has 0 aliphatic heterocycles. The number of nitrogens with one attached hydrogen (secondary N) is 4. The van der Waals surface area contributed by atoms with Crippen molar-refractivity contribution in [3.05, 3.63) is 29.8 Å². The van der Waals surface area contributed by atoms with E-state index in [2.05, 4.69) is 21.3 Å². The van der Waals surface area contributed by atoms with E-state index in [4.69, 9.17) is 10.5 Å². The van der Waals surface area contributed by atoms with Crippen molar-refractivity contribution in [2.75, 3.05) is 11.9 Å². The molecule has 6 N–H and O–H groups in total. The fraction of sp³-hybridized carbons (Fsp3) is 0.520. The van der Waals surface area contributed by atoms with Crippen LogP contribution in [0, 0.1) is 5.92 Å². The van der Waals surface area contributed by atoms with Gasteiger partial charge in [-0.2, -0.15) is 0 Å². The van der Waals surface area contributed by atoms with Gasteiger partial charge in [0.1, 0.15) is 24.5 Å². The minimum absolute atomic E-state index is 0.0397. The van der Waals surface area contributed by atoms with Crippen molar-refractivity contribution in [3.8, 4) is 0 Å². The minimum Gasteiger partial charge on any atom is -0.461 e. The number of Topliss-reactive ketones (excluding diaryl/α,β-unsaturated/α-hetero) is 1. The van der Waals surface area contributed by atoms with E-state index in [1.54, 1.807) is 38.1 Å². The van der Waals surface area contributed by atoms with Gasteiger partial charge >= 0.3 is 12.0 Å². The first-order chi connectivity index (χ1) is 17.4. The summed E-state index contributed by atoms with van der Waals surface area (Å²) in [7, 11) is 0. The third kappa shape index (κ3) is 13.1. The number of rotatable bonds is 15. The fourth-order valence-electron chi connectivity index (χ4n) is 3.22. The third-order valence-corrected chi connectivity index (χ3v) is 5.24. The molecular weight excluding hydrogens is 482 g/mol. The predicted molar refractivity (Wildman–Crippen MR) is 136 cm³/mol. The van der Waals surface area contributed by atoms with Gasteiger partial charge < -0.3 is 36.5 Å². The van der Waals surface area contributed by atoms with Gasteiger partial charge in [0.2, 0.25) is 17.7 Å². The number of nitrogens with two attached hydrogens (primary N) is 1. The van der Waals surface area contributed by atoms with Crippen LogP contribution < -0.4 is 27.0 Å². The lowest BCUT2D eigenvalue weighted by molar-refractivity contribution is -0.142. The van der Waals surface area contributed by atoms with Gasteiger partial charge in [0.15, 0.2) is 0 Å². The first-order valence-electron chi connectivity index (χ1n) is 12.0. The molecule has 0 bridgehead atoms. The topological polar surface area (TPSA) is 186 Å². The van der Waals surface area contributed by atoms with Crippen molar-refractivity contribution in [2.24, 2.45) is 11.7 Å². The monoisotopic (exact) mass is 519 g/mol. The van der Waals surface area contributed by atoms with E-state index in [0.29, 0.717) is 12.1 Å². The van der Waals surface area contributed by atoms with E-state index in [0.717, 1.165) is 5.56 Å². The quantitative estimate of drug-likeness (QED) is 0.170. The van der Waals surface area contributed by atoms with Crippen LogP contribution in [-0.2, 0) is 35.3 Å². The van der Waals surface area contributed by atoms with Gasteiger partial charge in [-0.1, -0.05) is 26.0 Å². The fourth-order valence-corrected chi connectivity index (χ4v) is 3.22. The molecule has 0 fully saturated rings. The summed E-state index contributed by atoms with van der Waals surface area (Å²) in [6, 6.07) is 4.06. The number of ketones is 1. The number of primary amides is 1. The van der Waals surface area contributed by atoms with Crippen LogP contribution in [0.15, 0.2) is 24.3 Å². The highest BCUT2D eigenvalue weighted by Gasteiger charge is 2.28. The second kappa shape index (κ2) is 15.9. The summed E-state index contributed by atoms with van der Waals surface area (Å²) in [5.41, 5.74) is 6.27. The molecule has 0 spiro atoms. The van der Waals surface area contributed by atoms with Crippen molar-refractivity contribution in [1.82, 2.24) is 16.0 Å². The van der Waals surface area contributed by atoms with Crippen LogP contribution >= 0.6 is 0 Å². The molecule has 0 aliphatic carbocycles. The van der Waals surface area contributed by atoms with Gasteiger partial charge in [-0.25, -0.2) is 4.79 Å². The second-order valence-corrected chi connectivity index (χ2v) is 8.95. The van der Waals surface area contributed by atoms with Crippen LogP contribution in [0.25, 0.3) is 0 Å². The normalized spacial score (nSPS) is 12.1. The van der Waals surface area contributed by atoms with E-state index in [1.807, 2.05) is 0 Å². The first-order valence-corrected chi connectivity index (χ1v) is 12.0. The summed E-state index contributed by atoms with van der Waals surface area (Å²) in [6.07, 6.45) is 0.559. The van der Waals surface area contributed by atoms with Crippen molar-refractivity contribution >= 4 is 41.2 Å². The summed E-state index contributed by atoms with van der Waals surface area (Å²) < 4.78 is 4.94. The average Bonchev–Trinajstić information content (AvgIpc) is 2.82. The Kier molecular flexibility index (Phi) is 13.4. The van der Waals surface area contributed by atoms with Gasteiger partial charge in [-0.3, -0.25) is 19.2 Å². The van der Waals surface area contributed by atoms with Crippen LogP contribution in [0.5, 0.6) is 0 Å². The van der Waals surface area contributed by atoms with E-state index in [1.165, 1.54) is 13.8 Å². The molecule has 5 amide bonds. The van der Waals surface area contributed by atoms with Crippen molar-refractivity contribution in [1.29, 1.82) is 0 Å². The Morgan fingerprint density at radius 1 is 0.919 bits per heavy atom. The van der Waals surface area contributed by atoms with E-state index in [9.17, 15) is 28.8 Å². The standard InChI is InChI=1S/C25H37N5O7/c1-15(2)22(30-21(33)12-7-16(3)31)24(35)29-20(6-5-13-27-25(26)36)23(34)28-19-10-8-18(9-11-19)14-37-17(4)32/h8-11,15,20,22H,5-7,12-14H2,1-4H3,(H,28,34)(H,29,35)(H,30,33)(H3,26,27,36)/t20?,22-/m0/s1. The van der Waals surface area contributed by atoms with Gasteiger partial charge in [0, 0.05) is 32.0 Å². The number of ether oxygens (including phenoxy) is 1. The molecule has 37 heavy (non-hydrogen) atoms. The lowest BCUT2D eigenvalue weighted by atomic mass is 10.0. The summed E-state index contributed by atoms with van der Waals surface area (Å²) in [4.78, 5) is 71.4. The van der Waals surface area contributed by atoms with E-state index < -0.39 is 41.8 Å². The zero-order chi connectivity index (χ0) is 28.0. The molecule has 1 unspecified atom stereocenters. The Labute approximate surface area is 216 Å². The lowest BCUT2D eigenvalue weighted by Crippen LogP contribution is -2.54. The van der Waals surface area contributed by atoms with Crippen LogP contribution in [0.3, 0.4) is 0 Å². The SMILES string of the molecule is CC(=O)CCC(=O)N[C@H](C(=O)NC(CCCNC(N)=O)C(=O)Nc1ccc(COC(C)=O)cc1)C(C)C. The molecule has 12 nitrogen and oxygen atoms in total. The number of urea groups is 1. The molecule has 12 heteroatoms. The lowest BCUT2D eigenvalue weighted by Gasteiger charge is -2.25. The number of esters is 1. The van der Waals surface area contributed by atoms with Gasteiger partial charge in [-0.05, 0) is 43.4 Å². The highest BCUT2D eigenvalue weighted by molar-refractivity contribution is 5.98. The molecule has 2 atom stereocenters. The Balaban J connectivity index is 2.90.